The lowest BCUT2D eigenvalue weighted by atomic mass is 10.00. The average Bonchev–Trinajstić information content (AvgIpc) is 2.95. The number of fused-ring (bicyclic) bond motifs is 1. The van der Waals surface area contributed by atoms with Crippen molar-refractivity contribution < 1.29 is 9.90 Å². The third kappa shape index (κ3) is 4.21. The molecule has 1 aliphatic rings. The largest absolute Gasteiger partial charge is 0.387 e. The minimum Gasteiger partial charge on any atom is -0.387 e. The van der Waals surface area contributed by atoms with Gasteiger partial charge in [-0.3, -0.25) is 4.79 Å². The van der Waals surface area contributed by atoms with Crippen LogP contribution in [0.25, 0.3) is 0 Å². The molecular formula is C19H23NO2S. The number of hydrogen-bond donors (Lipinski definition) is 2. The number of amides is 1. The van der Waals surface area contributed by atoms with E-state index < -0.39 is 6.10 Å². The summed E-state index contributed by atoms with van der Waals surface area (Å²) in [5, 5.41) is 13.0. The molecule has 2 aromatic rings. The van der Waals surface area contributed by atoms with Crippen LogP contribution < -0.4 is 5.32 Å². The van der Waals surface area contributed by atoms with Crippen LogP contribution in [0.4, 0.5) is 0 Å². The third-order valence-electron chi connectivity index (χ3n) is 4.36. The van der Waals surface area contributed by atoms with Gasteiger partial charge in [0.1, 0.15) is 0 Å². The molecule has 1 amide bonds. The molecule has 3 rings (SSSR count). The van der Waals surface area contributed by atoms with Gasteiger partial charge in [0, 0.05) is 11.4 Å². The molecule has 0 bridgehead atoms. The molecule has 1 aromatic heterocycles. The Morgan fingerprint density at radius 1 is 1.13 bits per heavy atom. The Balaban J connectivity index is 1.61. The number of carbonyl (C=O) groups excluding carboxylic acids is 1. The summed E-state index contributed by atoms with van der Waals surface area (Å²) in [7, 11) is 0. The molecule has 1 atom stereocenters. The van der Waals surface area contributed by atoms with Gasteiger partial charge < -0.3 is 10.4 Å². The van der Waals surface area contributed by atoms with E-state index in [2.05, 4.69) is 11.4 Å². The average molecular weight is 329 g/mol. The Kier molecular flexibility index (Phi) is 5.47. The molecule has 1 unspecified atom stereocenters. The van der Waals surface area contributed by atoms with E-state index >= 15 is 0 Å². The first-order valence-corrected chi connectivity index (χ1v) is 9.18. The highest BCUT2D eigenvalue weighted by molar-refractivity contribution is 7.14. The van der Waals surface area contributed by atoms with Crippen LogP contribution in [-0.2, 0) is 12.8 Å². The maximum Gasteiger partial charge on any atom is 0.261 e. The van der Waals surface area contributed by atoms with E-state index in [4.69, 9.17) is 0 Å². The lowest BCUT2D eigenvalue weighted by Crippen LogP contribution is -2.27. The van der Waals surface area contributed by atoms with Crippen LogP contribution in [0.3, 0.4) is 0 Å². The predicted molar refractivity (Wildman–Crippen MR) is 93.9 cm³/mol. The summed E-state index contributed by atoms with van der Waals surface area (Å²) in [6, 6.07) is 11.5. The number of benzene rings is 1. The third-order valence-corrected chi connectivity index (χ3v) is 5.60. The highest BCUT2D eigenvalue weighted by Crippen LogP contribution is 2.28. The summed E-state index contributed by atoms with van der Waals surface area (Å²) >= 11 is 1.62. The number of carbonyl (C=O) groups is 1. The summed E-state index contributed by atoms with van der Waals surface area (Å²) in [6.07, 6.45) is 6.55. The molecule has 0 fully saturated rings. The SMILES string of the molecule is O=C(NCC(O)c1ccccc1)c1cc2c(s1)CCCCCC2. The molecule has 0 aliphatic heterocycles. The smallest absolute Gasteiger partial charge is 0.261 e. The highest BCUT2D eigenvalue weighted by atomic mass is 32.1. The van der Waals surface area contributed by atoms with Crippen molar-refractivity contribution in [3.63, 3.8) is 0 Å². The Bertz CT molecular complexity index is 625. The monoisotopic (exact) mass is 329 g/mol. The fourth-order valence-corrected chi connectivity index (χ4v) is 4.20. The van der Waals surface area contributed by atoms with Gasteiger partial charge in [-0.2, -0.15) is 0 Å². The van der Waals surface area contributed by atoms with Gasteiger partial charge in [0.15, 0.2) is 0 Å². The predicted octanol–water partition coefficient (Wildman–Crippen LogP) is 3.87. The number of hydrogen-bond acceptors (Lipinski definition) is 3. The Hall–Kier alpha value is -1.65. The van der Waals surface area contributed by atoms with Gasteiger partial charge in [-0.15, -0.1) is 11.3 Å². The van der Waals surface area contributed by atoms with Crippen molar-refractivity contribution in [1.29, 1.82) is 0 Å². The highest BCUT2D eigenvalue weighted by Gasteiger charge is 2.17. The van der Waals surface area contributed by atoms with E-state index in [1.165, 1.54) is 36.1 Å². The molecule has 0 radical (unpaired) electrons. The van der Waals surface area contributed by atoms with Gasteiger partial charge in [0.25, 0.3) is 5.91 Å². The molecule has 122 valence electrons. The zero-order valence-corrected chi connectivity index (χ0v) is 14.1. The Morgan fingerprint density at radius 3 is 2.65 bits per heavy atom. The summed E-state index contributed by atoms with van der Waals surface area (Å²) < 4.78 is 0. The molecule has 4 heteroatoms. The molecule has 1 aromatic carbocycles. The fourth-order valence-electron chi connectivity index (χ4n) is 3.03. The fraction of sp³-hybridized carbons (Fsp3) is 0.421. The van der Waals surface area contributed by atoms with Gasteiger partial charge in [-0.05, 0) is 42.9 Å². The van der Waals surface area contributed by atoms with Crippen molar-refractivity contribution in [1.82, 2.24) is 5.32 Å². The summed E-state index contributed by atoms with van der Waals surface area (Å²) in [6.45, 7) is 0.241. The first kappa shape index (κ1) is 16.2. The maximum atomic E-state index is 12.4. The zero-order valence-electron chi connectivity index (χ0n) is 13.3. The van der Waals surface area contributed by atoms with Gasteiger partial charge >= 0.3 is 0 Å². The second-order valence-corrected chi connectivity index (χ2v) is 7.25. The van der Waals surface area contributed by atoms with Gasteiger partial charge in [-0.25, -0.2) is 0 Å². The van der Waals surface area contributed by atoms with Crippen LogP contribution in [-0.4, -0.2) is 17.6 Å². The van der Waals surface area contributed by atoms with Crippen LogP contribution in [0.1, 0.15) is 57.5 Å². The zero-order chi connectivity index (χ0) is 16.1. The second kappa shape index (κ2) is 7.75. The molecule has 1 heterocycles. The van der Waals surface area contributed by atoms with E-state index in [-0.39, 0.29) is 12.5 Å². The van der Waals surface area contributed by atoms with Crippen molar-refractivity contribution in [3.05, 3.63) is 57.3 Å². The minimum absolute atomic E-state index is 0.0725. The molecular weight excluding hydrogens is 306 g/mol. The van der Waals surface area contributed by atoms with E-state index in [0.717, 1.165) is 23.3 Å². The van der Waals surface area contributed by atoms with Crippen LogP contribution >= 0.6 is 11.3 Å². The number of rotatable bonds is 4. The normalized spacial score (nSPS) is 16.0. The lowest BCUT2D eigenvalue weighted by Gasteiger charge is -2.11. The summed E-state index contributed by atoms with van der Waals surface area (Å²) in [5.74, 6) is -0.0725. The van der Waals surface area contributed by atoms with Crippen molar-refractivity contribution in [3.8, 4) is 0 Å². The minimum atomic E-state index is -0.666. The maximum absolute atomic E-state index is 12.4. The number of aliphatic hydroxyl groups is 1. The molecule has 23 heavy (non-hydrogen) atoms. The van der Waals surface area contributed by atoms with E-state index in [9.17, 15) is 9.90 Å². The number of nitrogens with one attached hydrogen (secondary N) is 1. The Morgan fingerprint density at radius 2 is 1.87 bits per heavy atom. The van der Waals surface area contributed by atoms with E-state index in [1.807, 2.05) is 30.3 Å². The summed E-state index contributed by atoms with van der Waals surface area (Å²) in [5.41, 5.74) is 2.18. The molecule has 0 saturated carbocycles. The molecule has 2 N–H and O–H groups in total. The summed E-state index contributed by atoms with van der Waals surface area (Å²) in [4.78, 5) is 14.5. The van der Waals surface area contributed by atoms with Gasteiger partial charge in [0.2, 0.25) is 0 Å². The van der Waals surface area contributed by atoms with Crippen molar-refractivity contribution in [2.24, 2.45) is 0 Å². The first-order valence-electron chi connectivity index (χ1n) is 8.37. The van der Waals surface area contributed by atoms with Crippen LogP contribution in [0.5, 0.6) is 0 Å². The number of aryl methyl sites for hydroxylation is 2. The van der Waals surface area contributed by atoms with Gasteiger partial charge in [0.05, 0.1) is 11.0 Å². The Labute approximate surface area is 141 Å². The van der Waals surface area contributed by atoms with E-state index in [0.29, 0.717) is 0 Å². The first-order chi connectivity index (χ1) is 11.2. The lowest BCUT2D eigenvalue weighted by molar-refractivity contribution is 0.0920. The van der Waals surface area contributed by atoms with Crippen molar-refractivity contribution in [2.75, 3.05) is 6.54 Å². The topological polar surface area (TPSA) is 49.3 Å². The number of aliphatic hydroxyl groups excluding tert-OH is 1. The quantitative estimate of drug-likeness (QED) is 0.894. The molecule has 0 saturated heterocycles. The second-order valence-electron chi connectivity index (χ2n) is 6.11. The van der Waals surface area contributed by atoms with Crippen LogP contribution in [0.15, 0.2) is 36.4 Å². The number of thiophene rings is 1. The van der Waals surface area contributed by atoms with Crippen LogP contribution in [0.2, 0.25) is 0 Å². The molecule has 3 nitrogen and oxygen atoms in total. The molecule has 0 spiro atoms. The van der Waals surface area contributed by atoms with Gasteiger partial charge in [-0.1, -0.05) is 43.2 Å². The van der Waals surface area contributed by atoms with E-state index in [1.54, 1.807) is 11.3 Å². The molecule has 1 aliphatic carbocycles. The van der Waals surface area contributed by atoms with Crippen molar-refractivity contribution in [2.45, 2.75) is 44.6 Å². The standard InChI is InChI=1S/C19H23NO2S/c21-16(14-8-5-3-6-9-14)13-20-19(22)18-12-15-10-4-1-2-7-11-17(15)23-18/h3,5-6,8-9,12,16,21H,1-2,4,7,10-11,13H2,(H,20,22). The van der Waals surface area contributed by atoms with Crippen molar-refractivity contribution >= 4 is 17.2 Å². The van der Waals surface area contributed by atoms with Crippen LogP contribution in [0, 0.1) is 0 Å².